The number of hydrogen-bond donors (Lipinski definition) is 2. The van der Waals surface area contributed by atoms with Crippen LogP contribution in [0.5, 0.6) is 11.5 Å². The zero-order valence-electron chi connectivity index (χ0n) is 10.7. The van der Waals surface area contributed by atoms with E-state index in [4.69, 9.17) is 5.73 Å². The van der Waals surface area contributed by atoms with E-state index in [-0.39, 0.29) is 23.8 Å². The van der Waals surface area contributed by atoms with Crippen LogP contribution in [-0.4, -0.2) is 25.2 Å². The summed E-state index contributed by atoms with van der Waals surface area (Å²) in [6.45, 7) is -4.92. The van der Waals surface area contributed by atoms with E-state index in [9.17, 15) is 22.4 Å². The maximum atomic E-state index is 12.2. The maximum Gasteiger partial charge on any atom is 0.387 e. The molecule has 0 spiro atoms. The van der Waals surface area contributed by atoms with Crippen molar-refractivity contribution in [2.75, 3.05) is 5.32 Å². The summed E-state index contributed by atoms with van der Waals surface area (Å²) in [7, 11) is 0. The molecule has 0 aliphatic rings. The normalized spacial score (nSPS) is 11.8. The smallest absolute Gasteiger partial charge is 0.387 e. The summed E-state index contributed by atoms with van der Waals surface area (Å²) >= 11 is 0. The third-order valence-electron chi connectivity index (χ3n) is 2.07. The maximum absolute atomic E-state index is 12.2. The number of carbonyl (C=O) groups excluding carboxylic acids is 1. The van der Waals surface area contributed by atoms with Gasteiger partial charge in [-0.3, -0.25) is 4.79 Å². The van der Waals surface area contributed by atoms with E-state index < -0.39 is 30.9 Å². The van der Waals surface area contributed by atoms with Crippen molar-refractivity contribution in [2.24, 2.45) is 5.73 Å². The van der Waals surface area contributed by atoms with E-state index in [1.807, 2.05) is 0 Å². The lowest BCUT2D eigenvalue weighted by molar-refractivity contribution is -0.117. The average molecular weight is 333 g/mol. The van der Waals surface area contributed by atoms with E-state index >= 15 is 0 Å². The topological polar surface area (TPSA) is 73.6 Å². The van der Waals surface area contributed by atoms with Crippen LogP contribution < -0.4 is 20.5 Å². The molecule has 0 saturated carbocycles. The number of alkyl halides is 4. The summed E-state index contributed by atoms with van der Waals surface area (Å²) in [5.74, 6) is -1.53. The molecular formula is C11H13ClF4N2O3. The van der Waals surface area contributed by atoms with Gasteiger partial charge in [0.05, 0.1) is 11.7 Å². The molecule has 0 saturated heterocycles. The van der Waals surface area contributed by atoms with Crippen LogP contribution in [0.2, 0.25) is 0 Å². The van der Waals surface area contributed by atoms with Crippen LogP contribution in [0, 0.1) is 0 Å². The van der Waals surface area contributed by atoms with Crippen molar-refractivity contribution < 1.29 is 31.8 Å². The van der Waals surface area contributed by atoms with E-state index in [1.54, 1.807) is 0 Å². The van der Waals surface area contributed by atoms with Gasteiger partial charge in [-0.05, 0) is 19.1 Å². The third kappa shape index (κ3) is 6.50. The van der Waals surface area contributed by atoms with Crippen molar-refractivity contribution in [3.05, 3.63) is 18.2 Å². The van der Waals surface area contributed by atoms with Gasteiger partial charge in [0.2, 0.25) is 5.91 Å². The minimum Gasteiger partial charge on any atom is -0.435 e. The average Bonchev–Trinajstić information content (AvgIpc) is 2.30. The molecular weight excluding hydrogens is 320 g/mol. The number of nitrogens with one attached hydrogen (secondary N) is 1. The SMILES string of the molecule is C[C@H](N)C(=O)Nc1ccc(OC(F)F)cc1OC(F)F.Cl. The summed E-state index contributed by atoms with van der Waals surface area (Å²) in [5, 5.41) is 2.23. The molecule has 0 aromatic heterocycles. The minimum absolute atomic E-state index is 0. The Morgan fingerprint density at radius 2 is 1.76 bits per heavy atom. The molecule has 0 aliphatic heterocycles. The van der Waals surface area contributed by atoms with Crippen LogP contribution in [0.15, 0.2) is 18.2 Å². The molecule has 21 heavy (non-hydrogen) atoms. The Labute approximate surface area is 123 Å². The first-order chi connectivity index (χ1) is 9.29. The van der Waals surface area contributed by atoms with Crippen LogP contribution in [0.1, 0.15) is 6.92 Å². The van der Waals surface area contributed by atoms with Crippen molar-refractivity contribution in [3.8, 4) is 11.5 Å². The summed E-state index contributed by atoms with van der Waals surface area (Å²) < 4.78 is 56.7. The van der Waals surface area contributed by atoms with Gasteiger partial charge in [0.15, 0.2) is 5.75 Å². The molecule has 0 bridgehead atoms. The van der Waals surface area contributed by atoms with Crippen molar-refractivity contribution in [2.45, 2.75) is 26.2 Å². The fraction of sp³-hybridized carbons (Fsp3) is 0.364. The Hall–Kier alpha value is -1.74. The van der Waals surface area contributed by atoms with Crippen molar-refractivity contribution in [3.63, 3.8) is 0 Å². The first-order valence-electron chi connectivity index (χ1n) is 5.39. The van der Waals surface area contributed by atoms with Gasteiger partial charge >= 0.3 is 13.2 Å². The molecule has 5 nitrogen and oxygen atoms in total. The lowest BCUT2D eigenvalue weighted by Crippen LogP contribution is -2.32. The highest BCUT2D eigenvalue weighted by molar-refractivity contribution is 5.95. The molecule has 0 fully saturated rings. The lowest BCUT2D eigenvalue weighted by Gasteiger charge is -2.14. The van der Waals surface area contributed by atoms with Gasteiger partial charge in [0.1, 0.15) is 5.75 Å². The molecule has 120 valence electrons. The summed E-state index contributed by atoms with van der Waals surface area (Å²) in [6, 6.07) is 2.10. The molecule has 1 rings (SSSR count). The highest BCUT2D eigenvalue weighted by atomic mass is 35.5. The molecule has 1 amide bonds. The number of amides is 1. The standard InChI is InChI=1S/C11H12F4N2O3.ClH/c1-5(16)9(18)17-7-3-2-6(19-10(12)13)4-8(7)20-11(14)15;/h2-5,10-11H,16H2,1H3,(H,17,18);1H/t5-;/m0./s1. The van der Waals surface area contributed by atoms with E-state index in [0.29, 0.717) is 0 Å². The number of halogens is 5. The van der Waals surface area contributed by atoms with Gasteiger partial charge in [0.25, 0.3) is 0 Å². The van der Waals surface area contributed by atoms with Crippen LogP contribution in [0.25, 0.3) is 0 Å². The second-order valence-electron chi connectivity index (χ2n) is 3.69. The van der Waals surface area contributed by atoms with Crippen LogP contribution in [0.3, 0.4) is 0 Å². The largest absolute Gasteiger partial charge is 0.435 e. The molecule has 0 heterocycles. The number of anilines is 1. The monoisotopic (exact) mass is 332 g/mol. The fourth-order valence-corrected chi connectivity index (χ4v) is 1.22. The number of hydrogen-bond acceptors (Lipinski definition) is 4. The molecule has 1 aromatic carbocycles. The first kappa shape index (κ1) is 19.3. The van der Waals surface area contributed by atoms with Crippen LogP contribution in [0.4, 0.5) is 23.2 Å². The Kier molecular flexibility index (Phi) is 7.82. The molecule has 10 heteroatoms. The molecule has 0 unspecified atom stereocenters. The Balaban J connectivity index is 0.00000400. The molecule has 1 aromatic rings. The minimum atomic E-state index is -3.19. The number of benzene rings is 1. The van der Waals surface area contributed by atoms with Gasteiger partial charge in [-0.15, -0.1) is 12.4 Å². The predicted octanol–water partition coefficient (Wildman–Crippen LogP) is 2.60. The van der Waals surface area contributed by atoms with E-state index in [1.165, 1.54) is 6.92 Å². The van der Waals surface area contributed by atoms with Crippen LogP contribution in [-0.2, 0) is 4.79 Å². The highest BCUT2D eigenvalue weighted by Crippen LogP contribution is 2.31. The zero-order valence-corrected chi connectivity index (χ0v) is 11.5. The Bertz CT molecular complexity index is 475. The van der Waals surface area contributed by atoms with Gasteiger partial charge < -0.3 is 20.5 Å². The van der Waals surface area contributed by atoms with E-state index in [2.05, 4.69) is 14.8 Å². The predicted molar refractivity (Wildman–Crippen MR) is 69.2 cm³/mol. The molecule has 0 aliphatic carbocycles. The zero-order chi connectivity index (χ0) is 15.3. The number of carbonyl (C=O) groups is 1. The van der Waals surface area contributed by atoms with Gasteiger partial charge in [0, 0.05) is 6.07 Å². The lowest BCUT2D eigenvalue weighted by atomic mass is 10.2. The second kappa shape index (κ2) is 8.53. The second-order valence-corrected chi connectivity index (χ2v) is 3.69. The Morgan fingerprint density at radius 1 is 1.19 bits per heavy atom. The Morgan fingerprint density at radius 3 is 2.24 bits per heavy atom. The van der Waals surface area contributed by atoms with Crippen LogP contribution >= 0.6 is 12.4 Å². The summed E-state index contributed by atoms with van der Waals surface area (Å²) in [6.07, 6.45) is 0. The first-order valence-corrected chi connectivity index (χ1v) is 5.39. The molecule has 0 radical (unpaired) electrons. The van der Waals surface area contributed by atoms with Crippen molar-refractivity contribution >= 4 is 24.0 Å². The van der Waals surface area contributed by atoms with Crippen molar-refractivity contribution in [1.29, 1.82) is 0 Å². The van der Waals surface area contributed by atoms with Gasteiger partial charge in [-0.2, -0.15) is 17.6 Å². The highest BCUT2D eigenvalue weighted by Gasteiger charge is 2.16. The molecule has 1 atom stereocenters. The number of ether oxygens (including phenoxy) is 2. The number of rotatable bonds is 6. The third-order valence-corrected chi connectivity index (χ3v) is 2.07. The summed E-state index contributed by atoms with van der Waals surface area (Å²) in [5.41, 5.74) is 5.18. The van der Waals surface area contributed by atoms with Crippen molar-refractivity contribution in [1.82, 2.24) is 0 Å². The van der Waals surface area contributed by atoms with E-state index in [0.717, 1.165) is 18.2 Å². The van der Waals surface area contributed by atoms with Gasteiger partial charge in [-0.1, -0.05) is 0 Å². The van der Waals surface area contributed by atoms with Gasteiger partial charge in [-0.25, -0.2) is 0 Å². The number of nitrogens with two attached hydrogens (primary N) is 1. The fourth-order valence-electron chi connectivity index (χ4n) is 1.22. The summed E-state index contributed by atoms with van der Waals surface area (Å²) in [4.78, 5) is 11.4. The molecule has 3 N–H and O–H groups in total. The quantitative estimate of drug-likeness (QED) is 0.785.